The lowest BCUT2D eigenvalue weighted by Crippen LogP contribution is -2.27. The minimum absolute atomic E-state index is 0.0491. The molecule has 0 radical (unpaired) electrons. The second kappa shape index (κ2) is 10.1. The smallest absolute Gasteiger partial charge is 0.303 e. The van der Waals surface area contributed by atoms with Gasteiger partial charge < -0.3 is 5.11 Å². The molecule has 5 rings (SSSR count). The molecule has 0 unspecified atom stereocenters. The van der Waals surface area contributed by atoms with Gasteiger partial charge in [-0.25, -0.2) is 9.69 Å². The molecule has 1 N–H and O–H groups in total. The number of hydrogen-bond acceptors (Lipinski definition) is 5. The number of carbonyl (C=O) groups is 2. The van der Waals surface area contributed by atoms with Crippen molar-refractivity contribution in [1.29, 1.82) is 0 Å². The van der Waals surface area contributed by atoms with Gasteiger partial charge in [0.1, 0.15) is 0 Å². The second-order valence-corrected chi connectivity index (χ2v) is 9.12. The molecule has 0 bridgehead atoms. The first-order valence-corrected chi connectivity index (χ1v) is 12.4. The molecule has 2 aromatic carbocycles. The predicted molar refractivity (Wildman–Crippen MR) is 136 cm³/mol. The SMILES string of the molecule is O=C(O)CCCC(=O)N1N=C(c2ccsc2)C[C@@H]1c1cn(-c2ccccc2)nc1-c1ccccc1. The number of rotatable bonds is 8. The molecule has 2 aromatic heterocycles. The standard InChI is InChI=1S/C27H24N4O3S/c32-25(12-7-13-26(33)34)31-24(16-23(28-31)20-14-15-35-18-20)22-17-30(21-10-5-2-6-11-21)29-27(22)19-8-3-1-4-9-19/h1-6,8-11,14-15,17-18,24H,7,12-13,16H2,(H,33,34)/t24-/m1/s1. The lowest BCUT2D eigenvalue weighted by Gasteiger charge is -2.22. The highest BCUT2D eigenvalue weighted by molar-refractivity contribution is 7.08. The van der Waals surface area contributed by atoms with Crippen LogP contribution in [0.5, 0.6) is 0 Å². The van der Waals surface area contributed by atoms with Crippen LogP contribution in [0.2, 0.25) is 0 Å². The minimum Gasteiger partial charge on any atom is -0.481 e. The minimum atomic E-state index is -0.909. The van der Waals surface area contributed by atoms with Crippen LogP contribution in [-0.4, -0.2) is 37.5 Å². The van der Waals surface area contributed by atoms with E-state index in [1.807, 2.05) is 88.4 Å². The topological polar surface area (TPSA) is 87.8 Å². The van der Waals surface area contributed by atoms with E-state index in [-0.39, 0.29) is 31.2 Å². The normalized spacial score (nSPS) is 15.3. The van der Waals surface area contributed by atoms with Gasteiger partial charge in [-0.3, -0.25) is 9.59 Å². The van der Waals surface area contributed by atoms with E-state index in [9.17, 15) is 9.59 Å². The number of carboxylic acids is 1. The average molecular weight is 485 g/mol. The molecular weight excluding hydrogens is 460 g/mol. The Kier molecular flexibility index (Phi) is 6.54. The van der Waals surface area contributed by atoms with Crippen LogP contribution in [0, 0.1) is 0 Å². The third-order valence-electron chi connectivity index (χ3n) is 5.97. The quantitative estimate of drug-likeness (QED) is 0.356. The summed E-state index contributed by atoms with van der Waals surface area (Å²) in [6, 6.07) is 21.4. The fraction of sp³-hybridized carbons (Fsp3) is 0.185. The highest BCUT2D eigenvalue weighted by Gasteiger charge is 2.36. The Balaban J connectivity index is 1.55. The van der Waals surface area contributed by atoms with E-state index in [0.717, 1.165) is 33.8 Å². The molecule has 4 aromatic rings. The number of aliphatic carboxylic acids is 1. The molecule has 1 aliphatic rings. The summed E-state index contributed by atoms with van der Waals surface area (Å²) in [6.07, 6.45) is 2.88. The summed E-state index contributed by atoms with van der Waals surface area (Å²) in [5.74, 6) is -1.10. The van der Waals surface area contributed by atoms with Gasteiger partial charge in [0.05, 0.1) is 23.1 Å². The number of para-hydroxylation sites is 1. The van der Waals surface area contributed by atoms with E-state index < -0.39 is 5.97 Å². The molecule has 1 amide bonds. The average Bonchev–Trinajstić information content (AvgIpc) is 3.64. The summed E-state index contributed by atoms with van der Waals surface area (Å²) in [4.78, 5) is 24.2. The van der Waals surface area contributed by atoms with Crippen LogP contribution >= 0.6 is 11.3 Å². The molecule has 0 saturated heterocycles. The summed E-state index contributed by atoms with van der Waals surface area (Å²) < 4.78 is 1.84. The zero-order chi connectivity index (χ0) is 24.2. The van der Waals surface area contributed by atoms with Gasteiger partial charge >= 0.3 is 5.97 Å². The van der Waals surface area contributed by atoms with E-state index in [4.69, 9.17) is 15.3 Å². The lowest BCUT2D eigenvalue weighted by molar-refractivity contribution is -0.137. The molecule has 35 heavy (non-hydrogen) atoms. The van der Waals surface area contributed by atoms with Gasteiger partial charge in [-0.15, -0.1) is 0 Å². The number of hydrogen-bond donors (Lipinski definition) is 1. The van der Waals surface area contributed by atoms with Crippen LogP contribution < -0.4 is 0 Å². The summed E-state index contributed by atoms with van der Waals surface area (Å²) in [6.45, 7) is 0. The monoisotopic (exact) mass is 484 g/mol. The van der Waals surface area contributed by atoms with E-state index in [2.05, 4.69) is 0 Å². The van der Waals surface area contributed by atoms with Crippen LogP contribution in [0.4, 0.5) is 0 Å². The highest BCUT2D eigenvalue weighted by atomic mass is 32.1. The number of aromatic nitrogens is 2. The number of thiophene rings is 1. The van der Waals surface area contributed by atoms with Crippen molar-refractivity contribution in [1.82, 2.24) is 14.8 Å². The van der Waals surface area contributed by atoms with Gasteiger partial charge in [0.25, 0.3) is 0 Å². The number of amides is 1. The van der Waals surface area contributed by atoms with E-state index >= 15 is 0 Å². The van der Waals surface area contributed by atoms with Crippen LogP contribution in [0.15, 0.2) is 88.8 Å². The van der Waals surface area contributed by atoms with Crippen LogP contribution in [0.3, 0.4) is 0 Å². The molecule has 176 valence electrons. The van der Waals surface area contributed by atoms with Crippen molar-refractivity contribution in [2.24, 2.45) is 5.10 Å². The van der Waals surface area contributed by atoms with Gasteiger partial charge in [0, 0.05) is 42.1 Å². The zero-order valence-corrected chi connectivity index (χ0v) is 19.8. The summed E-state index contributed by atoms with van der Waals surface area (Å²) in [5, 5.41) is 24.2. The summed E-state index contributed by atoms with van der Waals surface area (Å²) >= 11 is 1.59. The Morgan fingerprint density at radius 3 is 2.40 bits per heavy atom. The second-order valence-electron chi connectivity index (χ2n) is 8.34. The number of carbonyl (C=O) groups excluding carboxylic acids is 1. The molecule has 7 nitrogen and oxygen atoms in total. The third-order valence-corrected chi connectivity index (χ3v) is 6.65. The maximum atomic E-state index is 13.3. The largest absolute Gasteiger partial charge is 0.481 e. The molecule has 0 fully saturated rings. The Morgan fingerprint density at radius 1 is 0.971 bits per heavy atom. The van der Waals surface area contributed by atoms with Gasteiger partial charge in [-0.1, -0.05) is 48.5 Å². The first-order chi connectivity index (χ1) is 17.1. The first-order valence-electron chi connectivity index (χ1n) is 11.4. The van der Waals surface area contributed by atoms with Gasteiger partial charge in [0.2, 0.25) is 5.91 Å². The van der Waals surface area contributed by atoms with Crippen molar-refractivity contribution < 1.29 is 14.7 Å². The van der Waals surface area contributed by atoms with Gasteiger partial charge in [0.15, 0.2) is 0 Å². The van der Waals surface area contributed by atoms with Crippen molar-refractivity contribution in [3.63, 3.8) is 0 Å². The lowest BCUT2D eigenvalue weighted by atomic mass is 9.97. The van der Waals surface area contributed by atoms with Crippen LogP contribution in [0.25, 0.3) is 16.9 Å². The Hall–Kier alpha value is -4.04. The van der Waals surface area contributed by atoms with Crippen molar-refractivity contribution >= 4 is 28.9 Å². The maximum absolute atomic E-state index is 13.3. The molecule has 0 aliphatic carbocycles. The fourth-order valence-corrected chi connectivity index (χ4v) is 4.92. The van der Waals surface area contributed by atoms with Gasteiger partial charge in [-0.05, 0) is 35.4 Å². The number of benzene rings is 2. The Bertz CT molecular complexity index is 1350. The van der Waals surface area contributed by atoms with E-state index in [1.54, 1.807) is 11.3 Å². The molecule has 1 atom stereocenters. The van der Waals surface area contributed by atoms with E-state index in [1.165, 1.54) is 5.01 Å². The molecule has 8 heteroatoms. The highest BCUT2D eigenvalue weighted by Crippen LogP contribution is 2.39. The Morgan fingerprint density at radius 2 is 1.71 bits per heavy atom. The predicted octanol–water partition coefficient (Wildman–Crippen LogP) is 5.53. The first kappa shape index (κ1) is 22.7. The molecule has 0 spiro atoms. The molecular formula is C27H24N4O3S. The van der Waals surface area contributed by atoms with Crippen LogP contribution in [0.1, 0.15) is 42.9 Å². The van der Waals surface area contributed by atoms with Crippen LogP contribution in [-0.2, 0) is 9.59 Å². The summed E-state index contributed by atoms with van der Waals surface area (Å²) in [7, 11) is 0. The maximum Gasteiger partial charge on any atom is 0.303 e. The molecule has 0 saturated carbocycles. The van der Waals surface area contributed by atoms with Crippen molar-refractivity contribution in [2.75, 3.05) is 0 Å². The number of carboxylic acid groups (broad SMARTS) is 1. The fourth-order valence-electron chi connectivity index (χ4n) is 4.26. The van der Waals surface area contributed by atoms with Crippen molar-refractivity contribution in [3.8, 4) is 16.9 Å². The van der Waals surface area contributed by atoms with Crippen molar-refractivity contribution in [3.05, 3.63) is 94.8 Å². The Labute approximate surface area is 207 Å². The van der Waals surface area contributed by atoms with Gasteiger partial charge in [-0.2, -0.15) is 21.5 Å². The third kappa shape index (κ3) is 4.93. The van der Waals surface area contributed by atoms with E-state index in [0.29, 0.717) is 6.42 Å². The van der Waals surface area contributed by atoms with Crippen molar-refractivity contribution in [2.45, 2.75) is 31.7 Å². The number of hydrazone groups is 1. The summed E-state index contributed by atoms with van der Waals surface area (Å²) in [5.41, 5.74) is 5.42. The molecule has 1 aliphatic heterocycles. The molecule has 3 heterocycles. The zero-order valence-electron chi connectivity index (χ0n) is 18.9. The number of nitrogens with zero attached hydrogens (tertiary/aromatic N) is 4.